The Hall–Kier alpha value is -3.15. The zero-order chi connectivity index (χ0) is 18.7. The van der Waals surface area contributed by atoms with Gasteiger partial charge in [-0.05, 0) is 37.3 Å². The van der Waals surface area contributed by atoms with Gasteiger partial charge < -0.3 is 14.5 Å². The molecule has 0 aliphatic carbocycles. The van der Waals surface area contributed by atoms with Crippen molar-refractivity contribution in [2.45, 2.75) is 13.0 Å². The molecule has 1 amide bonds. The van der Waals surface area contributed by atoms with Crippen molar-refractivity contribution >= 4 is 23.0 Å². The molecule has 0 fully saturated rings. The minimum Gasteiger partial charge on any atom is -0.493 e. The number of furan rings is 1. The van der Waals surface area contributed by atoms with Gasteiger partial charge in [-0.1, -0.05) is 18.2 Å². The number of ether oxygens (including phenoxy) is 1. The van der Waals surface area contributed by atoms with Crippen molar-refractivity contribution in [3.05, 3.63) is 71.5 Å². The Balaban J connectivity index is 1.74. The third kappa shape index (κ3) is 3.59. The SMILES string of the molecule is COc1cccc2cc(C(C)NC(=O)/C=C/c3c(F)cccc3F)oc12. The lowest BCUT2D eigenvalue weighted by Gasteiger charge is -2.09. The van der Waals surface area contributed by atoms with Crippen LogP contribution in [-0.2, 0) is 4.79 Å². The topological polar surface area (TPSA) is 51.5 Å². The molecule has 26 heavy (non-hydrogen) atoms. The molecule has 3 rings (SSSR count). The summed E-state index contributed by atoms with van der Waals surface area (Å²) in [5, 5.41) is 3.55. The zero-order valence-electron chi connectivity index (χ0n) is 14.3. The molecule has 1 heterocycles. The van der Waals surface area contributed by atoms with E-state index in [1.807, 2.05) is 18.2 Å². The summed E-state index contributed by atoms with van der Waals surface area (Å²) in [4.78, 5) is 12.1. The number of amides is 1. The van der Waals surface area contributed by atoms with Crippen LogP contribution in [0.4, 0.5) is 8.78 Å². The van der Waals surface area contributed by atoms with Gasteiger partial charge in [-0.25, -0.2) is 8.78 Å². The van der Waals surface area contributed by atoms with Gasteiger partial charge in [-0.2, -0.15) is 0 Å². The standard InChI is InChI=1S/C20H17F2NO3/c1-12(18-11-13-5-3-8-17(25-2)20(13)26-18)23-19(24)10-9-14-15(21)6-4-7-16(14)22/h3-12H,1-2H3,(H,23,24)/b10-9+. The van der Waals surface area contributed by atoms with Crippen LogP contribution in [0.15, 0.2) is 53.0 Å². The van der Waals surface area contributed by atoms with E-state index in [0.29, 0.717) is 17.1 Å². The highest BCUT2D eigenvalue weighted by Crippen LogP contribution is 2.30. The fourth-order valence-corrected chi connectivity index (χ4v) is 2.59. The second-order valence-electron chi connectivity index (χ2n) is 5.73. The maximum Gasteiger partial charge on any atom is 0.244 e. The van der Waals surface area contributed by atoms with E-state index in [-0.39, 0.29) is 5.56 Å². The van der Waals surface area contributed by atoms with Crippen molar-refractivity contribution in [2.75, 3.05) is 7.11 Å². The van der Waals surface area contributed by atoms with Gasteiger partial charge in [0.1, 0.15) is 17.4 Å². The predicted molar refractivity (Wildman–Crippen MR) is 94.7 cm³/mol. The Morgan fingerprint density at radius 2 is 1.88 bits per heavy atom. The summed E-state index contributed by atoms with van der Waals surface area (Å²) in [5.41, 5.74) is 0.332. The highest BCUT2D eigenvalue weighted by molar-refractivity contribution is 5.92. The first kappa shape index (κ1) is 17.7. The van der Waals surface area contributed by atoms with E-state index in [4.69, 9.17) is 9.15 Å². The smallest absolute Gasteiger partial charge is 0.244 e. The summed E-state index contributed by atoms with van der Waals surface area (Å²) < 4.78 is 38.2. The fourth-order valence-electron chi connectivity index (χ4n) is 2.59. The van der Waals surface area contributed by atoms with Gasteiger partial charge in [0.05, 0.1) is 13.2 Å². The second-order valence-corrected chi connectivity index (χ2v) is 5.73. The van der Waals surface area contributed by atoms with Gasteiger partial charge in [0.15, 0.2) is 11.3 Å². The third-order valence-corrected chi connectivity index (χ3v) is 3.93. The van der Waals surface area contributed by atoms with E-state index in [0.717, 1.165) is 29.7 Å². The van der Waals surface area contributed by atoms with Crippen LogP contribution in [0.25, 0.3) is 17.0 Å². The molecule has 1 N–H and O–H groups in total. The largest absolute Gasteiger partial charge is 0.493 e. The van der Waals surface area contributed by atoms with Crippen LogP contribution in [0.2, 0.25) is 0 Å². The summed E-state index contributed by atoms with van der Waals surface area (Å²) >= 11 is 0. The average molecular weight is 357 g/mol. The highest BCUT2D eigenvalue weighted by Gasteiger charge is 2.15. The molecule has 0 bridgehead atoms. The van der Waals surface area contributed by atoms with E-state index in [9.17, 15) is 13.6 Å². The number of nitrogens with one attached hydrogen (secondary N) is 1. The first-order valence-electron chi connectivity index (χ1n) is 7.98. The molecule has 0 radical (unpaired) electrons. The lowest BCUT2D eigenvalue weighted by atomic mass is 10.1. The fraction of sp³-hybridized carbons (Fsp3) is 0.150. The van der Waals surface area contributed by atoms with Crippen molar-refractivity contribution in [2.24, 2.45) is 0 Å². The van der Waals surface area contributed by atoms with Crippen LogP contribution in [0.1, 0.15) is 24.3 Å². The number of hydrogen-bond donors (Lipinski definition) is 1. The molecule has 0 aliphatic rings. The van der Waals surface area contributed by atoms with Crippen LogP contribution in [0, 0.1) is 11.6 Å². The second kappa shape index (κ2) is 7.39. The van der Waals surface area contributed by atoms with Crippen molar-refractivity contribution in [3.63, 3.8) is 0 Å². The number of para-hydroxylation sites is 1. The Kier molecular flexibility index (Phi) is 5.02. The number of methoxy groups -OCH3 is 1. The van der Waals surface area contributed by atoms with Crippen LogP contribution in [0.3, 0.4) is 0 Å². The molecule has 0 saturated heterocycles. The van der Waals surface area contributed by atoms with Crippen LogP contribution >= 0.6 is 0 Å². The molecule has 0 aliphatic heterocycles. The van der Waals surface area contributed by atoms with Gasteiger partial charge in [-0.15, -0.1) is 0 Å². The maximum absolute atomic E-state index is 13.6. The van der Waals surface area contributed by atoms with E-state index < -0.39 is 23.6 Å². The van der Waals surface area contributed by atoms with Crippen LogP contribution in [-0.4, -0.2) is 13.0 Å². The van der Waals surface area contributed by atoms with Crippen molar-refractivity contribution in [3.8, 4) is 5.75 Å². The Morgan fingerprint density at radius 1 is 1.19 bits per heavy atom. The van der Waals surface area contributed by atoms with E-state index in [1.54, 1.807) is 20.1 Å². The molecule has 0 spiro atoms. The number of carbonyl (C=O) groups excluding carboxylic acids is 1. The molecule has 134 valence electrons. The number of rotatable bonds is 5. The summed E-state index contributed by atoms with van der Waals surface area (Å²) in [7, 11) is 1.55. The molecule has 3 aromatic rings. The van der Waals surface area contributed by atoms with Gasteiger partial charge in [-0.3, -0.25) is 4.79 Å². The number of fused-ring (bicyclic) bond motifs is 1. The average Bonchev–Trinajstić information content (AvgIpc) is 3.05. The lowest BCUT2D eigenvalue weighted by molar-refractivity contribution is -0.117. The van der Waals surface area contributed by atoms with E-state index in [2.05, 4.69) is 5.32 Å². The maximum atomic E-state index is 13.6. The molecule has 1 aromatic heterocycles. The number of halogens is 2. The minimum atomic E-state index is -0.730. The quantitative estimate of drug-likeness (QED) is 0.679. The molecule has 4 nitrogen and oxygen atoms in total. The molecule has 1 unspecified atom stereocenters. The molecule has 0 saturated carbocycles. The predicted octanol–water partition coefficient (Wildman–Crippen LogP) is 4.61. The van der Waals surface area contributed by atoms with Crippen LogP contribution < -0.4 is 10.1 Å². The van der Waals surface area contributed by atoms with E-state index >= 15 is 0 Å². The number of carbonyl (C=O) groups is 1. The van der Waals surface area contributed by atoms with Gasteiger partial charge >= 0.3 is 0 Å². The van der Waals surface area contributed by atoms with Gasteiger partial charge in [0, 0.05) is 17.0 Å². The Bertz CT molecular complexity index is 958. The highest BCUT2D eigenvalue weighted by atomic mass is 19.1. The van der Waals surface area contributed by atoms with Crippen molar-refractivity contribution in [1.82, 2.24) is 5.32 Å². The van der Waals surface area contributed by atoms with E-state index in [1.165, 1.54) is 6.07 Å². The summed E-state index contributed by atoms with van der Waals surface area (Å²) in [6.07, 6.45) is 2.19. The normalized spacial score (nSPS) is 12.5. The Morgan fingerprint density at radius 3 is 2.58 bits per heavy atom. The first-order valence-corrected chi connectivity index (χ1v) is 7.98. The Labute approximate surface area is 149 Å². The zero-order valence-corrected chi connectivity index (χ0v) is 14.3. The number of hydrogen-bond acceptors (Lipinski definition) is 3. The monoisotopic (exact) mass is 357 g/mol. The van der Waals surface area contributed by atoms with Gasteiger partial charge in [0.2, 0.25) is 5.91 Å². The molecule has 2 aromatic carbocycles. The third-order valence-electron chi connectivity index (χ3n) is 3.93. The molecular formula is C20H17F2NO3. The number of benzene rings is 2. The summed E-state index contributed by atoms with van der Waals surface area (Å²) in [5.74, 6) is -0.809. The summed E-state index contributed by atoms with van der Waals surface area (Å²) in [6, 6.07) is 10.4. The molecule has 1 atom stereocenters. The van der Waals surface area contributed by atoms with Crippen LogP contribution in [0.5, 0.6) is 5.75 Å². The molecular weight excluding hydrogens is 340 g/mol. The van der Waals surface area contributed by atoms with Gasteiger partial charge in [0.25, 0.3) is 0 Å². The van der Waals surface area contributed by atoms with Crippen molar-refractivity contribution in [1.29, 1.82) is 0 Å². The first-order chi connectivity index (χ1) is 12.5. The minimum absolute atomic E-state index is 0.260. The lowest BCUT2D eigenvalue weighted by Crippen LogP contribution is -2.24. The van der Waals surface area contributed by atoms with Crippen molar-refractivity contribution < 1.29 is 22.7 Å². The molecule has 6 heteroatoms. The summed E-state index contributed by atoms with van der Waals surface area (Å²) in [6.45, 7) is 1.75.